The number of hydrogen-bond acceptors (Lipinski definition) is 5. The van der Waals surface area contributed by atoms with Gasteiger partial charge in [-0.1, -0.05) is 60.1 Å². The van der Waals surface area contributed by atoms with Crippen LogP contribution >= 0.6 is 15.9 Å². The number of rotatable bonds is 13. The minimum atomic E-state index is -0.326. The maximum atomic E-state index is 12.1. The largest absolute Gasteiger partial charge is 0.494 e. The second-order valence-electron chi connectivity index (χ2n) is 8.04. The molecule has 0 radical (unpaired) electrons. The Hall–Kier alpha value is -2.34. The molecule has 0 spiro atoms. The Kier molecular flexibility index (Phi) is 10.1. The third kappa shape index (κ3) is 7.97. The van der Waals surface area contributed by atoms with Gasteiger partial charge in [-0.3, -0.25) is 0 Å². The third-order valence-corrected chi connectivity index (χ3v) is 5.97. The number of carbonyl (C=O) groups is 1. The first-order valence-corrected chi connectivity index (χ1v) is 12.3. The Morgan fingerprint density at radius 2 is 1.72 bits per heavy atom. The van der Waals surface area contributed by atoms with E-state index in [1.165, 1.54) is 32.1 Å². The van der Waals surface area contributed by atoms with Gasteiger partial charge >= 0.3 is 5.97 Å². The number of nitrogens with zero attached hydrogens (tertiary/aromatic N) is 1. The van der Waals surface area contributed by atoms with Crippen LogP contribution in [0.25, 0.3) is 0 Å². The minimum absolute atomic E-state index is 0.0775. The van der Waals surface area contributed by atoms with E-state index < -0.39 is 0 Å². The van der Waals surface area contributed by atoms with E-state index in [1.54, 1.807) is 12.1 Å². The minimum Gasteiger partial charge on any atom is -0.494 e. The Balaban J connectivity index is 1.33. The smallest absolute Gasteiger partial charge is 0.338 e. The second kappa shape index (κ2) is 13.3. The molecule has 0 bridgehead atoms. The highest BCUT2D eigenvalue weighted by Crippen LogP contribution is 2.21. The molecule has 1 aliphatic heterocycles. The van der Waals surface area contributed by atoms with Crippen LogP contribution in [0.4, 0.5) is 0 Å². The van der Waals surface area contributed by atoms with E-state index >= 15 is 0 Å². The zero-order chi connectivity index (χ0) is 22.6. The molecule has 0 aromatic heterocycles. The van der Waals surface area contributed by atoms with Gasteiger partial charge in [0.25, 0.3) is 0 Å². The number of esters is 1. The van der Waals surface area contributed by atoms with Crippen molar-refractivity contribution in [3.8, 4) is 5.75 Å². The molecule has 0 aliphatic carbocycles. The van der Waals surface area contributed by atoms with Crippen molar-refractivity contribution in [2.45, 2.75) is 64.4 Å². The summed E-state index contributed by atoms with van der Waals surface area (Å²) < 4.78 is 12.1. The van der Waals surface area contributed by atoms with E-state index in [9.17, 15) is 4.79 Å². The molecule has 3 rings (SSSR count). The van der Waals surface area contributed by atoms with Gasteiger partial charge < -0.3 is 14.3 Å². The Morgan fingerprint density at radius 3 is 2.47 bits per heavy atom. The average Bonchev–Trinajstić information content (AvgIpc) is 3.28. The second-order valence-corrected chi connectivity index (χ2v) is 8.96. The molecule has 0 amide bonds. The number of unbranched alkanes of at least 4 members (excludes halogenated alkanes) is 5. The van der Waals surface area contributed by atoms with Gasteiger partial charge in [-0.15, -0.1) is 0 Å². The molecule has 1 atom stereocenters. The zero-order valence-corrected chi connectivity index (χ0v) is 20.3. The van der Waals surface area contributed by atoms with E-state index in [4.69, 9.17) is 14.3 Å². The summed E-state index contributed by atoms with van der Waals surface area (Å²) in [5.41, 5.74) is 2.49. The molecule has 1 heterocycles. The number of ether oxygens (including phenoxy) is 2. The van der Waals surface area contributed by atoms with Gasteiger partial charge in [-0.05, 0) is 60.5 Å². The molecule has 0 N–H and O–H groups in total. The summed E-state index contributed by atoms with van der Waals surface area (Å²) in [7, 11) is 0. The van der Waals surface area contributed by atoms with Gasteiger partial charge in [-0.2, -0.15) is 0 Å². The fraction of sp³-hybridized carbons (Fsp3) is 0.462. The number of hydrogen-bond donors (Lipinski definition) is 0. The third-order valence-electron chi connectivity index (χ3n) is 5.44. The van der Waals surface area contributed by atoms with Crippen molar-refractivity contribution in [3.63, 3.8) is 0 Å². The highest BCUT2D eigenvalue weighted by molar-refractivity contribution is 9.10. The van der Waals surface area contributed by atoms with E-state index in [1.807, 2.05) is 36.4 Å². The fourth-order valence-electron chi connectivity index (χ4n) is 3.52. The molecule has 32 heavy (non-hydrogen) atoms. The van der Waals surface area contributed by atoms with Crippen molar-refractivity contribution in [2.24, 2.45) is 5.16 Å². The number of oxime groups is 1. The Morgan fingerprint density at radius 1 is 1.00 bits per heavy atom. The first-order valence-electron chi connectivity index (χ1n) is 11.5. The maximum Gasteiger partial charge on any atom is 0.338 e. The highest BCUT2D eigenvalue weighted by atomic mass is 79.9. The van der Waals surface area contributed by atoms with Crippen LogP contribution < -0.4 is 4.74 Å². The van der Waals surface area contributed by atoms with Crippen molar-refractivity contribution < 1.29 is 19.1 Å². The Labute approximate surface area is 199 Å². The van der Waals surface area contributed by atoms with Crippen LogP contribution in [0.5, 0.6) is 5.75 Å². The van der Waals surface area contributed by atoms with E-state index in [0.29, 0.717) is 25.0 Å². The standard InChI is InChI=1S/C26H32BrNO4/c1-2-3-4-5-6-7-17-30-23-14-10-20(11-15-23)25-19-24(32-28-25)16-18-31-26(29)21-8-12-22(27)13-9-21/h8-15,24H,2-7,16-19H2,1H3. The summed E-state index contributed by atoms with van der Waals surface area (Å²) in [5.74, 6) is 0.561. The van der Waals surface area contributed by atoms with E-state index in [2.05, 4.69) is 28.0 Å². The first kappa shape index (κ1) is 24.3. The van der Waals surface area contributed by atoms with Gasteiger partial charge in [0, 0.05) is 17.3 Å². The van der Waals surface area contributed by atoms with Gasteiger partial charge in [0.1, 0.15) is 11.9 Å². The molecule has 6 heteroatoms. The predicted molar refractivity (Wildman–Crippen MR) is 130 cm³/mol. The van der Waals surface area contributed by atoms with Gasteiger partial charge in [0.15, 0.2) is 0 Å². The molecule has 0 fully saturated rings. The fourth-order valence-corrected chi connectivity index (χ4v) is 3.79. The molecule has 1 unspecified atom stereocenters. The average molecular weight is 502 g/mol. The first-order chi connectivity index (χ1) is 15.7. The van der Waals surface area contributed by atoms with Gasteiger partial charge in [0.05, 0.1) is 24.5 Å². The lowest BCUT2D eigenvalue weighted by Crippen LogP contribution is -2.14. The number of halogens is 1. The predicted octanol–water partition coefficient (Wildman–Crippen LogP) is 6.93. The van der Waals surface area contributed by atoms with Crippen LogP contribution in [0.3, 0.4) is 0 Å². The van der Waals surface area contributed by atoms with Crippen LogP contribution in [0, 0.1) is 0 Å². The number of benzene rings is 2. The SMILES string of the molecule is CCCCCCCCOc1ccc(C2=NOC(CCOC(=O)c3ccc(Br)cc3)C2)cc1. The van der Waals surface area contributed by atoms with E-state index in [-0.39, 0.29) is 12.1 Å². The van der Waals surface area contributed by atoms with Gasteiger partial charge in [-0.25, -0.2) is 4.79 Å². The molecule has 0 saturated heterocycles. The summed E-state index contributed by atoms with van der Waals surface area (Å²) in [6, 6.07) is 15.1. The lowest BCUT2D eigenvalue weighted by atomic mass is 10.0. The van der Waals surface area contributed by atoms with Crippen LogP contribution in [-0.4, -0.2) is 31.0 Å². The highest BCUT2D eigenvalue weighted by Gasteiger charge is 2.22. The lowest BCUT2D eigenvalue weighted by Gasteiger charge is -2.09. The molecule has 0 saturated carbocycles. The maximum absolute atomic E-state index is 12.1. The molecule has 2 aromatic carbocycles. The van der Waals surface area contributed by atoms with Crippen molar-refractivity contribution in [1.29, 1.82) is 0 Å². The monoisotopic (exact) mass is 501 g/mol. The van der Waals surface area contributed by atoms with Crippen LogP contribution in [-0.2, 0) is 9.57 Å². The lowest BCUT2D eigenvalue weighted by molar-refractivity contribution is 0.0329. The Bertz CT molecular complexity index is 864. The summed E-state index contributed by atoms with van der Waals surface area (Å²) in [5, 5.41) is 4.22. The quantitative estimate of drug-likeness (QED) is 0.220. The van der Waals surface area contributed by atoms with Crippen LogP contribution in [0.1, 0.15) is 74.2 Å². The van der Waals surface area contributed by atoms with Crippen molar-refractivity contribution in [2.75, 3.05) is 13.2 Å². The molecule has 172 valence electrons. The molecule has 1 aliphatic rings. The molecular formula is C26H32BrNO4. The topological polar surface area (TPSA) is 57.1 Å². The zero-order valence-electron chi connectivity index (χ0n) is 18.7. The summed E-state index contributed by atoms with van der Waals surface area (Å²) in [6.07, 6.45) is 8.78. The van der Waals surface area contributed by atoms with Crippen molar-refractivity contribution in [1.82, 2.24) is 0 Å². The van der Waals surface area contributed by atoms with E-state index in [0.717, 1.165) is 34.5 Å². The van der Waals surface area contributed by atoms with Crippen LogP contribution in [0.2, 0.25) is 0 Å². The summed E-state index contributed by atoms with van der Waals surface area (Å²) in [6.45, 7) is 3.30. The van der Waals surface area contributed by atoms with Crippen LogP contribution in [0.15, 0.2) is 58.2 Å². The summed E-state index contributed by atoms with van der Waals surface area (Å²) >= 11 is 3.36. The molecule has 2 aromatic rings. The normalized spacial score (nSPS) is 15.2. The van der Waals surface area contributed by atoms with Gasteiger partial charge in [0.2, 0.25) is 0 Å². The van der Waals surface area contributed by atoms with Crippen molar-refractivity contribution in [3.05, 3.63) is 64.1 Å². The van der Waals surface area contributed by atoms with Crippen molar-refractivity contribution >= 4 is 27.6 Å². The number of carbonyl (C=O) groups excluding carboxylic acids is 1. The molecular weight excluding hydrogens is 470 g/mol. The molecule has 5 nitrogen and oxygen atoms in total. The summed E-state index contributed by atoms with van der Waals surface area (Å²) in [4.78, 5) is 17.6.